The number of nitrogens with one attached hydrogen (secondary N) is 2. The van der Waals surface area contributed by atoms with E-state index in [9.17, 15) is 4.79 Å². The van der Waals surface area contributed by atoms with Gasteiger partial charge in [0.15, 0.2) is 6.04 Å². The van der Waals surface area contributed by atoms with Crippen molar-refractivity contribution in [1.82, 2.24) is 25.2 Å². The zero-order valence-electron chi connectivity index (χ0n) is 19.4. The van der Waals surface area contributed by atoms with Crippen LogP contribution in [-0.2, 0) is 12.0 Å². The number of likely N-dealkylation sites (tertiary alicyclic amines) is 1. The molecule has 166 valence electrons. The Hall–Kier alpha value is -2.54. The lowest BCUT2D eigenvalue weighted by Gasteiger charge is -2.35. The number of nitrogens with zero attached hydrogens (tertiary/aromatic N) is 4. The van der Waals surface area contributed by atoms with Gasteiger partial charge in [-0.3, -0.25) is 4.79 Å². The van der Waals surface area contributed by atoms with E-state index in [0.29, 0.717) is 5.92 Å². The number of quaternary nitrogens is 1. The number of pyridine rings is 1. The molecule has 0 radical (unpaired) electrons. The number of H-pyrrole nitrogens is 1. The van der Waals surface area contributed by atoms with Crippen LogP contribution in [0.25, 0.3) is 10.9 Å². The Balaban J connectivity index is 1.91. The zero-order chi connectivity index (χ0) is 22.2. The second-order valence-electron chi connectivity index (χ2n) is 9.74. The lowest BCUT2D eigenvalue weighted by atomic mass is 9.94. The summed E-state index contributed by atoms with van der Waals surface area (Å²) in [6, 6.07) is 8.15. The molecule has 0 spiro atoms. The van der Waals surface area contributed by atoms with Gasteiger partial charge in [-0.1, -0.05) is 26.8 Å². The maximum atomic E-state index is 13.3. The normalized spacial score (nSPS) is 20.8. The van der Waals surface area contributed by atoms with Gasteiger partial charge in [0, 0.05) is 11.4 Å². The fourth-order valence-corrected chi connectivity index (χ4v) is 4.80. The van der Waals surface area contributed by atoms with Crippen LogP contribution in [-0.4, -0.2) is 38.3 Å². The van der Waals surface area contributed by atoms with Crippen molar-refractivity contribution in [3.63, 3.8) is 0 Å². The summed E-state index contributed by atoms with van der Waals surface area (Å²) in [5.74, 6) is 1.40. The molecule has 1 aliphatic heterocycles. The highest BCUT2D eigenvalue weighted by molar-refractivity contribution is 5.79. The molecule has 7 nitrogen and oxygen atoms in total. The molecule has 2 N–H and O–H groups in total. The van der Waals surface area contributed by atoms with Gasteiger partial charge in [-0.05, 0) is 79.1 Å². The molecule has 1 saturated heterocycles. The number of fused-ring (bicyclic) bond motifs is 1. The Morgan fingerprint density at radius 2 is 2.10 bits per heavy atom. The molecule has 4 rings (SSSR count). The summed E-state index contributed by atoms with van der Waals surface area (Å²) in [5.41, 5.74) is 2.62. The zero-order valence-corrected chi connectivity index (χ0v) is 19.4. The topological polar surface area (TPSA) is 80.9 Å². The van der Waals surface area contributed by atoms with Crippen LogP contribution >= 0.6 is 0 Å². The minimum absolute atomic E-state index is 0.0451. The number of rotatable bonds is 6. The second kappa shape index (κ2) is 8.54. The SMILES string of the molecule is CCc1ccc2[nH]c(=O)c([C@@H](c3nnnn3C(C)(C)CC)[NH+]3CCC[C@H](C)C3)cc2c1. The molecule has 1 unspecified atom stereocenters. The number of aromatic nitrogens is 5. The molecule has 3 aromatic rings. The van der Waals surface area contributed by atoms with E-state index < -0.39 is 0 Å². The summed E-state index contributed by atoms with van der Waals surface area (Å²) in [6.45, 7) is 12.9. The minimum Gasteiger partial charge on any atom is -0.322 e. The van der Waals surface area contributed by atoms with Crippen molar-refractivity contribution in [1.29, 1.82) is 0 Å². The first-order valence-corrected chi connectivity index (χ1v) is 11.6. The third kappa shape index (κ3) is 4.15. The molecular formula is C24H35N6O+. The first kappa shape index (κ1) is 21.7. The Morgan fingerprint density at radius 3 is 2.81 bits per heavy atom. The molecule has 0 aliphatic carbocycles. The molecule has 0 amide bonds. The van der Waals surface area contributed by atoms with Crippen LogP contribution in [0.15, 0.2) is 29.1 Å². The summed E-state index contributed by atoms with van der Waals surface area (Å²) < 4.78 is 1.94. The molecule has 3 heterocycles. The van der Waals surface area contributed by atoms with E-state index in [2.05, 4.69) is 73.3 Å². The van der Waals surface area contributed by atoms with Crippen LogP contribution in [0.3, 0.4) is 0 Å². The average Bonchev–Trinajstić information content (AvgIpc) is 3.24. The maximum absolute atomic E-state index is 13.3. The average molecular weight is 424 g/mol. The highest BCUT2D eigenvalue weighted by Gasteiger charge is 2.38. The quantitative estimate of drug-likeness (QED) is 0.639. The van der Waals surface area contributed by atoms with Gasteiger partial charge in [0.05, 0.1) is 24.2 Å². The number of piperidine rings is 1. The maximum Gasteiger partial charge on any atom is 0.258 e. The first-order valence-electron chi connectivity index (χ1n) is 11.6. The Labute approximate surface area is 183 Å². The molecule has 1 aromatic carbocycles. The van der Waals surface area contributed by atoms with Gasteiger partial charge in [0.25, 0.3) is 5.56 Å². The molecule has 2 aromatic heterocycles. The van der Waals surface area contributed by atoms with Gasteiger partial charge in [-0.25, -0.2) is 4.68 Å². The predicted octanol–water partition coefficient (Wildman–Crippen LogP) is 2.63. The molecular weight excluding hydrogens is 388 g/mol. The number of hydrogen-bond donors (Lipinski definition) is 2. The van der Waals surface area contributed by atoms with Crippen LogP contribution in [0.2, 0.25) is 0 Å². The van der Waals surface area contributed by atoms with Crippen molar-refractivity contribution in [2.45, 2.75) is 71.9 Å². The fourth-order valence-electron chi connectivity index (χ4n) is 4.80. The van der Waals surface area contributed by atoms with E-state index in [0.717, 1.165) is 54.6 Å². The van der Waals surface area contributed by atoms with Crippen LogP contribution in [0.1, 0.15) is 76.9 Å². The minimum atomic E-state index is -0.225. The van der Waals surface area contributed by atoms with Crippen LogP contribution in [0.5, 0.6) is 0 Å². The van der Waals surface area contributed by atoms with Crippen molar-refractivity contribution in [3.8, 4) is 0 Å². The number of aromatic amines is 1. The molecule has 3 atom stereocenters. The van der Waals surface area contributed by atoms with Crippen LogP contribution in [0, 0.1) is 5.92 Å². The lowest BCUT2D eigenvalue weighted by molar-refractivity contribution is -0.934. The van der Waals surface area contributed by atoms with E-state index in [-0.39, 0.29) is 17.1 Å². The van der Waals surface area contributed by atoms with E-state index in [1.165, 1.54) is 16.9 Å². The standard InChI is InChI=1S/C24H34N6O/c1-6-17-10-11-20-18(13-17)14-19(23(31)25-20)21(29-12-8-9-16(3)15-29)22-26-27-28-30(22)24(4,5)7-2/h10-11,13-14,16,21H,6-9,12,15H2,1-5H3,(H,25,31)/p+1/t16-,21-/m0/s1. The van der Waals surface area contributed by atoms with Crippen LogP contribution < -0.4 is 10.5 Å². The van der Waals surface area contributed by atoms with Gasteiger partial charge >= 0.3 is 0 Å². The second-order valence-corrected chi connectivity index (χ2v) is 9.74. The molecule has 7 heteroatoms. The molecule has 1 fully saturated rings. The van der Waals surface area contributed by atoms with Gasteiger partial charge in [0.2, 0.25) is 5.82 Å². The molecule has 31 heavy (non-hydrogen) atoms. The van der Waals surface area contributed by atoms with E-state index >= 15 is 0 Å². The van der Waals surface area contributed by atoms with Crippen LogP contribution in [0.4, 0.5) is 0 Å². The number of aryl methyl sites for hydroxylation is 1. The molecule has 1 aliphatic rings. The molecule has 0 bridgehead atoms. The summed E-state index contributed by atoms with van der Waals surface area (Å²) in [4.78, 5) is 17.8. The Bertz CT molecular complexity index is 1110. The third-order valence-corrected chi connectivity index (χ3v) is 7.06. The van der Waals surface area contributed by atoms with Crippen molar-refractivity contribution < 1.29 is 4.90 Å². The van der Waals surface area contributed by atoms with Gasteiger partial charge in [-0.15, -0.1) is 5.10 Å². The van der Waals surface area contributed by atoms with E-state index in [1.54, 1.807) is 0 Å². The third-order valence-electron chi connectivity index (χ3n) is 7.06. The van der Waals surface area contributed by atoms with Crippen molar-refractivity contribution >= 4 is 10.9 Å². The summed E-state index contributed by atoms with van der Waals surface area (Å²) in [7, 11) is 0. The highest BCUT2D eigenvalue weighted by atomic mass is 16.1. The van der Waals surface area contributed by atoms with Gasteiger partial charge in [0.1, 0.15) is 0 Å². The summed E-state index contributed by atoms with van der Waals surface area (Å²) in [6.07, 6.45) is 4.25. The van der Waals surface area contributed by atoms with Gasteiger partial charge in [-0.2, -0.15) is 0 Å². The first-order chi connectivity index (χ1) is 14.8. The van der Waals surface area contributed by atoms with E-state index in [1.807, 2.05) is 10.7 Å². The molecule has 0 saturated carbocycles. The Kier molecular flexibility index (Phi) is 5.97. The fraction of sp³-hybridized carbons (Fsp3) is 0.583. The van der Waals surface area contributed by atoms with Crippen molar-refractivity contribution in [3.05, 3.63) is 51.6 Å². The largest absolute Gasteiger partial charge is 0.322 e. The highest BCUT2D eigenvalue weighted by Crippen LogP contribution is 2.26. The summed E-state index contributed by atoms with van der Waals surface area (Å²) >= 11 is 0. The number of tetrazole rings is 1. The monoisotopic (exact) mass is 423 g/mol. The number of hydrogen-bond acceptors (Lipinski definition) is 4. The van der Waals surface area contributed by atoms with Gasteiger partial charge < -0.3 is 9.88 Å². The number of benzene rings is 1. The smallest absolute Gasteiger partial charge is 0.258 e. The van der Waals surface area contributed by atoms with Crippen molar-refractivity contribution in [2.24, 2.45) is 5.92 Å². The predicted molar refractivity (Wildman–Crippen MR) is 122 cm³/mol. The van der Waals surface area contributed by atoms with E-state index in [4.69, 9.17) is 0 Å². The Morgan fingerprint density at radius 1 is 1.29 bits per heavy atom. The summed E-state index contributed by atoms with van der Waals surface area (Å²) in [5, 5.41) is 14.0. The van der Waals surface area contributed by atoms with Crippen molar-refractivity contribution in [2.75, 3.05) is 13.1 Å². The lowest BCUT2D eigenvalue weighted by Crippen LogP contribution is -3.14.